The molecule has 2 nitrogen and oxygen atoms in total. The molecular weight excluding hydrogens is 148 g/mol. The predicted molar refractivity (Wildman–Crippen MR) is 43.3 cm³/mol. The summed E-state index contributed by atoms with van der Waals surface area (Å²) < 4.78 is 10.7. The van der Waals surface area contributed by atoms with E-state index in [2.05, 4.69) is 0 Å². The Kier molecular flexibility index (Phi) is 3.52. The highest BCUT2D eigenvalue weighted by atomic mass is 32.2. The van der Waals surface area contributed by atoms with Crippen LogP contribution in [0.5, 0.6) is 0 Å². The van der Waals surface area contributed by atoms with Gasteiger partial charge in [0.15, 0.2) is 6.29 Å². The fourth-order valence-corrected chi connectivity index (χ4v) is 1.39. The van der Waals surface area contributed by atoms with Gasteiger partial charge in [0, 0.05) is 19.0 Å². The highest BCUT2D eigenvalue weighted by Gasteiger charge is 2.33. The van der Waals surface area contributed by atoms with E-state index in [0.717, 1.165) is 13.2 Å². The van der Waals surface area contributed by atoms with Crippen LogP contribution in [0.3, 0.4) is 0 Å². The van der Waals surface area contributed by atoms with E-state index in [1.807, 2.05) is 25.6 Å². The maximum atomic E-state index is 5.36. The second-order valence-corrected chi connectivity index (χ2v) is 3.42. The first kappa shape index (κ1) is 8.37. The van der Waals surface area contributed by atoms with Gasteiger partial charge in [-0.05, 0) is 13.8 Å². The van der Waals surface area contributed by atoms with Crippen LogP contribution < -0.4 is 0 Å². The number of ether oxygens (including phenoxy) is 2. The third-order valence-corrected chi connectivity index (χ3v) is 2.26. The van der Waals surface area contributed by atoms with Crippen molar-refractivity contribution in [1.29, 1.82) is 0 Å². The number of hydrogen-bond donors (Lipinski definition) is 0. The van der Waals surface area contributed by atoms with E-state index < -0.39 is 0 Å². The Morgan fingerprint density at radius 1 is 1.40 bits per heavy atom. The molecule has 0 aromatic carbocycles. The maximum absolute atomic E-state index is 5.36. The molecule has 1 saturated heterocycles. The van der Waals surface area contributed by atoms with Gasteiger partial charge in [0.2, 0.25) is 0 Å². The van der Waals surface area contributed by atoms with Crippen molar-refractivity contribution in [2.45, 2.75) is 25.4 Å². The van der Waals surface area contributed by atoms with Crippen LogP contribution in [-0.2, 0) is 9.47 Å². The Labute approximate surface area is 66.3 Å². The SMILES string of the molecule is CCOC(OCC)[C@@H]1CS1. The predicted octanol–water partition coefficient (Wildman–Crippen LogP) is 1.50. The summed E-state index contributed by atoms with van der Waals surface area (Å²) in [5, 5.41) is 0.611. The molecule has 1 aliphatic rings. The second-order valence-electron chi connectivity index (χ2n) is 2.15. The fraction of sp³-hybridized carbons (Fsp3) is 1.00. The normalized spacial score (nSPS) is 23.7. The summed E-state index contributed by atoms with van der Waals surface area (Å²) in [6.45, 7) is 5.50. The van der Waals surface area contributed by atoms with Crippen molar-refractivity contribution in [3.63, 3.8) is 0 Å². The summed E-state index contributed by atoms with van der Waals surface area (Å²) in [5.74, 6) is 1.20. The average Bonchev–Trinajstić information content (AvgIpc) is 2.69. The lowest BCUT2D eigenvalue weighted by Crippen LogP contribution is -2.22. The van der Waals surface area contributed by atoms with Crippen LogP contribution in [0.4, 0.5) is 0 Å². The van der Waals surface area contributed by atoms with Crippen LogP contribution in [0.1, 0.15) is 13.8 Å². The van der Waals surface area contributed by atoms with Gasteiger partial charge in [-0.25, -0.2) is 0 Å². The van der Waals surface area contributed by atoms with E-state index >= 15 is 0 Å². The molecule has 0 unspecified atom stereocenters. The number of thioether (sulfide) groups is 1. The molecule has 0 radical (unpaired) electrons. The Morgan fingerprint density at radius 3 is 2.20 bits per heavy atom. The summed E-state index contributed by atoms with van der Waals surface area (Å²) in [6, 6.07) is 0. The topological polar surface area (TPSA) is 18.5 Å². The lowest BCUT2D eigenvalue weighted by Gasteiger charge is -2.14. The van der Waals surface area contributed by atoms with E-state index in [0.29, 0.717) is 5.25 Å². The van der Waals surface area contributed by atoms with Gasteiger partial charge in [-0.15, -0.1) is 0 Å². The molecule has 0 amide bonds. The molecule has 1 heterocycles. The molecule has 0 spiro atoms. The van der Waals surface area contributed by atoms with Crippen LogP contribution in [0.2, 0.25) is 0 Å². The molecule has 1 atom stereocenters. The van der Waals surface area contributed by atoms with Gasteiger partial charge in [-0.3, -0.25) is 0 Å². The van der Waals surface area contributed by atoms with Gasteiger partial charge < -0.3 is 9.47 Å². The molecule has 1 aliphatic heterocycles. The molecule has 60 valence electrons. The Balaban J connectivity index is 2.13. The Morgan fingerprint density at radius 2 is 1.90 bits per heavy atom. The van der Waals surface area contributed by atoms with E-state index in [1.54, 1.807) is 0 Å². The third-order valence-electron chi connectivity index (χ3n) is 1.32. The first-order chi connectivity index (χ1) is 4.88. The molecule has 0 aliphatic carbocycles. The van der Waals surface area contributed by atoms with Crippen molar-refractivity contribution in [2.75, 3.05) is 19.0 Å². The van der Waals surface area contributed by atoms with Gasteiger partial charge in [0.25, 0.3) is 0 Å². The molecule has 0 N–H and O–H groups in total. The lowest BCUT2D eigenvalue weighted by molar-refractivity contribution is -0.129. The molecule has 10 heavy (non-hydrogen) atoms. The van der Waals surface area contributed by atoms with Crippen LogP contribution in [-0.4, -0.2) is 30.5 Å². The monoisotopic (exact) mass is 162 g/mol. The third kappa shape index (κ3) is 2.48. The summed E-state index contributed by atoms with van der Waals surface area (Å²) in [6.07, 6.45) is 0.0556. The van der Waals surface area contributed by atoms with Gasteiger partial charge in [-0.1, -0.05) is 0 Å². The minimum Gasteiger partial charge on any atom is -0.352 e. The van der Waals surface area contributed by atoms with Crippen molar-refractivity contribution in [2.24, 2.45) is 0 Å². The number of hydrogen-bond acceptors (Lipinski definition) is 3. The molecule has 1 rings (SSSR count). The Bertz CT molecular complexity index is 87.6. The summed E-state index contributed by atoms with van der Waals surface area (Å²) in [7, 11) is 0. The van der Waals surface area contributed by atoms with Gasteiger partial charge in [0.05, 0.1) is 5.25 Å². The highest BCUT2D eigenvalue weighted by Crippen LogP contribution is 2.34. The van der Waals surface area contributed by atoms with Crippen LogP contribution in [0.25, 0.3) is 0 Å². The zero-order chi connectivity index (χ0) is 7.40. The minimum atomic E-state index is 0.0556. The number of rotatable bonds is 5. The van der Waals surface area contributed by atoms with Crippen molar-refractivity contribution in [3.05, 3.63) is 0 Å². The van der Waals surface area contributed by atoms with E-state index in [1.165, 1.54) is 5.75 Å². The molecule has 1 fully saturated rings. The van der Waals surface area contributed by atoms with Crippen LogP contribution in [0, 0.1) is 0 Å². The zero-order valence-electron chi connectivity index (χ0n) is 6.50. The van der Waals surface area contributed by atoms with E-state index in [9.17, 15) is 0 Å². The smallest absolute Gasteiger partial charge is 0.170 e. The average molecular weight is 162 g/mol. The first-order valence-corrected chi connectivity index (χ1v) is 4.78. The molecular formula is C7H14O2S. The summed E-state index contributed by atoms with van der Waals surface area (Å²) >= 11 is 1.91. The standard InChI is InChI=1S/C7H14O2S/c1-3-8-7(9-4-2)6-5-10-6/h6-7H,3-5H2,1-2H3/t6-/m0/s1. The first-order valence-electron chi connectivity index (χ1n) is 3.73. The van der Waals surface area contributed by atoms with Crippen molar-refractivity contribution in [3.8, 4) is 0 Å². The maximum Gasteiger partial charge on any atom is 0.170 e. The van der Waals surface area contributed by atoms with Crippen LogP contribution >= 0.6 is 11.8 Å². The summed E-state index contributed by atoms with van der Waals surface area (Å²) in [5.41, 5.74) is 0. The summed E-state index contributed by atoms with van der Waals surface area (Å²) in [4.78, 5) is 0. The van der Waals surface area contributed by atoms with Gasteiger partial charge in [0.1, 0.15) is 0 Å². The quantitative estimate of drug-likeness (QED) is 0.451. The van der Waals surface area contributed by atoms with Crippen molar-refractivity contribution in [1.82, 2.24) is 0 Å². The molecule has 0 aromatic rings. The molecule has 0 saturated carbocycles. The van der Waals surface area contributed by atoms with E-state index in [-0.39, 0.29) is 6.29 Å². The zero-order valence-corrected chi connectivity index (χ0v) is 7.32. The molecule has 0 aromatic heterocycles. The van der Waals surface area contributed by atoms with Gasteiger partial charge in [-0.2, -0.15) is 11.8 Å². The second kappa shape index (κ2) is 4.21. The minimum absolute atomic E-state index is 0.0556. The highest BCUT2D eigenvalue weighted by molar-refractivity contribution is 8.06. The van der Waals surface area contributed by atoms with Gasteiger partial charge >= 0.3 is 0 Å². The lowest BCUT2D eigenvalue weighted by atomic mass is 10.5. The van der Waals surface area contributed by atoms with Crippen molar-refractivity contribution < 1.29 is 9.47 Å². The molecule has 3 heteroatoms. The largest absolute Gasteiger partial charge is 0.352 e. The van der Waals surface area contributed by atoms with Crippen molar-refractivity contribution >= 4 is 11.8 Å². The molecule has 0 bridgehead atoms. The fourth-order valence-electron chi connectivity index (χ4n) is 0.804. The van der Waals surface area contributed by atoms with E-state index in [4.69, 9.17) is 9.47 Å². The van der Waals surface area contributed by atoms with Crippen LogP contribution in [0.15, 0.2) is 0 Å². The Hall–Kier alpha value is 0.270.